The minimum Gasteiger partial charge on any atom is -0.372 e. The van der Waals surface area contributed by atoms with Crippen LogP contribution in [0.5, 0.6) is 0 Å². The minimum atomic E-state index is -0.345. The number of nitrogens with zero attached hydrogens (tertiary/aromatic N) is 2. The Bertz CT molecular complexity index is 307. The van der Waals surface area contributed by atoms with Gasteiger partial charge in [0.05, 0.1) is 6.04 Å². The molecule has 0 amide bonds. The zero-order chi connectivity index (χ0) is 11.5. The molecule has 0 aliphatic heterocycles. The van der Waals surface area contributed by atoms with Gasteiger partial charge < -0.3 is 10.1 Å². The molecule has 5 heteroatoms. The molecule has 0 saturated carbocycles. The van der Waals surface area contributed by atoms with Gasteiger partial charge in [-0.15, -0.1) is 10.2 Å². The van der Waals surface area contributed by atoms with Crippen molar-refractivity contribution in [1.29, 1.82) is 0 Å². The van der Waals surface area contributed by atoms with E-state index in [1.54, 1.807) is 18.4 Å². The summed E-state index contributed by atoms with van der Waals surface area (Å²) in [6, 6.07) is 0.295. The first-order valence-electron chi connectivity index (χ1n) is 5.11. The van der Waals surface area contributed by atoms with E-state index in [0.717, 1.165) is 16.4 Å². The monoisotopic (exact) mass is 229 g/mol. The highest BCUT2D eigenvalue weighted by Crippen LogP contribution is 2.29. The Morgan fingerprint density at radius 1 is 1.47 bits per heavy atom. The Hall–Kier alpha value is -0.520. The van der Waals surface area contributed by atoms with Gasteiger partial charge in [0, 0.05) is 7.11 Å². The molecular formula is C10H19N3OS. The predicted octanol–water partition coefficient (Wildman–Crippen LogP) is 2.09. The van der Waals surface area contributed by atoms with Crippen LogP contribution in [0.2, 0.25) is 0 Å². The molecule has 0 spiro atoms. The topological polar surface area (TPSA) is 47.0 Å². The molecule has 0 radical (unpaired) electrons. The van der Waals surface area contributed by atoms with Crippen LogP contribution in [0.1, 0.15) is 43.2 Å². The van der Waals surface area contributed by atoms with Crippen molar-refractivity contribution < 1.29 is 4.74 Å². The Morgan fingerprint density at radius 2 is 2.13 bits per heavy atom. The van der Waals surface area contributed by atoms with Gasteiger partial charge >= 0.3 is 0 Å². The van der Waals surface area contributed by atoms with Crippen molar-refractivity contribution in [3.8, 4) is 0 Å². The number of nitrogens with one attached hydrogen (secondary N) is 1. The van der Waals surface area contributed by atoms with E-state index >= 15 is 0 Å². The van der Waals surface area contributed by atoms with Gasteiger partial charge in [-0.05, 0) is 27.3 Å². The van der Waals surface area contributed by atoms with Gasteiger partial charge in [0.15, 0.2) is 0 Å². The van der Waals surface area contributed by atoms with Crippen LogP contribution in [0.15, 0.2) is 0 Å². The first-order valence-corrected chi connectivity index (χ1v) is 5.93. The number of rotatable bonds is 5. The van der Waals surface area contributed by atoms with Gasteiger partial charge in [-0.1, -0.05) is 18.3 Å². The van der Waals surface area contributed by atoms with Crippen LogP contribution in [0.4, 0.5) is 0 Å². The summed E-state index contributed by atoms with van der Waals surface area (Å²) in [5.74, 6) is 0. The second-order valence-electron chi connectivity index (χ2n) is 3.91. The van der Waals surface area contributed by atoms with Crippen LogP contribution in [0, 0.1) is 0 Å². The van der Waals surface area contributed by atoms with Crippen molar-refractivity contribution in [3.63, 3.8) is 0 Å². The minimum absolute atomic E-state index is 0.295. The zero-order valence-corrected chi connectivity index (χ0v) is 10.8. The third kappa shape index (κ3) is 2.74. The molecule has 86 valence electrons. The molecule has 1 aromatic rings. The van der Waals surface area contributed by atoms with Crippen molar-refractivity contribution >= 4 is 11.3 Å². The SMILES string of the molecule is CCC(NC)c1nnc(C(C)(C)OC)s1. The second kappa shape index (κ2) is 5.01. The summed E-state index contributed by atoms with van der Waals surface area (Å²) in [7, 11) is 3.63. The Kier molecular flexibility index (Phi) is 4.19. The van der Waals surface area contributed by atoms with Crippen LogP contribution in [-0.2, 0) is 10.3 Å². The first kappa shape index (κ1) is 12.5. The molecule has 0 fully saturated rings. The Labute approximate surface area is 95.1 Å². The van der Waals surface area contributed by atoms with E-state index in [4.69, 9.17) is 4.74 Å². The van der Waals surface area contributed by atoms with Crippen molar-refractivity contribution in [2.24, 2.45) is 0 Å². The highest BCUT2D eigenvalue weighted by molar-refractivity contribution is 7.11. The quantitative estimate of drug-likeness (QED) is 0.840. The standard InChI is InChI=1S/C10H19N3OS/c1-6-7(11-4)8-12-13-9(15-8)10(2,3)14-5/h7,11H,6H2,1-5H3. The predicted molar refractivity (Wildman–Crippen MR) is 62.0 cm³/mol. The summed E-state index contributed by atoms with van der Waals surface area (Å²) in [6.07, 6.45) is 1.01. The fraction of sp³-hybridized carbons (Fsp3) is 0.800. The molecule has 0 saturated heterocycles. The average molecular weight is 229 g/mol. The normalized spacial score (nSPS) is 14.2. The van der Waals surface area contributed by atoms with Crippen molar-refractivity contribution in [3.05, 3.63) is 10.0 Å². The largest absolute Gasteiger partial charge is 0.372 e. The van der Waals surface area contributed by atoms with Crippen LogP contribution < -0.4 is 5.32 Å². The zero-order valence-electron chi connectivity index (χ0n) is 10.00. The molecule has 1 rings (SSSR count). The highest BCUT2D eigenvalue weighted by atomic mass is 32.1. The first-order chi connectivity index (χ1) is 7.05. The lowest BCUT2D eigenvalue weighted by atomic mass is 10.1. The van der Waals surface area contributed by atoms with Crippen LogP contribution in [0.3, 0.4) is 0 Å². The van der Waals surface area contributed by atoms with Crippen molar-refractivity contribution in [2.45, 2.75) is 38.8 Å². The van der Waals surface area contributed by atoms with Crippen molar-refractivity contribution in [2.75, 3.05) is 14.2 Å². The van der Waals surface area contributed by atoms with E-state index in [9.17, 15) is 0 Å². The molecular weight excluding hydrogens is 210 g/mol. The maximum absolute atomic E-state index is 5.37. The molecule has 0 aliphatic carbocycles. The third-order valence-electron chi connectivity index (χ3n) is 2.52. The smallest absolute Gasteiger partial charge is 0.148 e. The Morgan fingerprint density at radius 3 is 2.60 bits per heavy atom. The van der Waals surface area contributed by atoms with Crippen molar-refractivity contribution in [1.82, 2.24) is 15.5 Å². The van der Waals surface area contributed by atoms with Crippen LogP contribution >= 0.6 is 11.3 Å². The fourth-order valence-corrected chi connectivity index (χ4v) is 2.33. The molecule has 4 nitrogen and oxygen atoms in total. The summed E-state index contributed by atoms with van der Waals surface area (Å²) < 4.78 is 5.37. The summed E-state index contributed by atoms with van der Waals surface area (Å²) in [4.78, 5) is 0. The number of methoxy groups -OCH3 is 1. The maximum atomic E-state index is 5.37. The number of ether oxygens (including phenoxy) is 1. The molecule has 1 N–H and O–H groups in total. The van der Waals surface area contributed by atoms with Gasteiger partial charge in [-0.2, -0.15) is 0 Å². The molecule has 15 heavy (non-hydrogen) atoms. The number of hydrogen-bond acceptors (Lipinski definition) is 5. The molecule has 1 aromatic heterocycles. The summed E-state index contributed by atoms with van der Waals surface area (Å²) in [5, 5.41) is 13.5. The summed E-state index contributed by atoms with van der Waals surface area (Å²) in [5.41, 5.74) is -0.345. The second-order valence-corrected chi connectivity index (χ2v) is 4.92. The van der Waals surface area contributed by atoms with E-state index in [1.807, 2.05) is 20.9 Å². The van der Waals surface area contributed by atoms with E-state index < -0.39 is 0 Å². The van der Waals surface area contributed by atoms with Gasteiger partial charge in [-0.25, -0.2) is 0 Å². The van der Waals surface area contributed by atoms with Gasteiger partial charge in [0.2, 0.25) is 0 Å². The van der Waals surface area contributed by atoms with Crippen LogP contribution in [-0.4, -0.2) is 24.4 Å². The molecule has 0 aromatic carbocycles. The number of hydrogen-bond donors (Lipinski definition) is 1. The number of aromatic nitrogens is 2. The molecule has 1 atom stereocenters. The van der Waals surface area contributed by atoms with E-state index in [1.165, 1.54) is 0 Å². The summed E-state index contributed by atoms with van der Waals surface area (Å²) >= 11 is 1.61. The van der Waals surface area contributed by atoms with Gasteiger partial charge in [-0.3, -0.25) is 0 Å². The lowest BCUT2D eigenvalue weighted by Crippen LogP contribution is -2.18. The summed E-state index contributed by atoms with van der Waals surface area (Å²) in [6.45, 7) is 6.12. The average Bonchev–Trinajstić information content (AvgIpc) is 2.70. The van der Waals surface area contributed by atoms with Gasteiger partial charge in [0.25, 0.3) is 0 Å². The molecule has 0 bridgehead atoms. The molecule has 0 aliphatic rings. The highest BCUT2D eigenvalue weighted by Gasteiger charge is 2.25. The Balaban J connectivity index is 2.89. The van der Waals surface area contributed by atoms with Crippen LogP contribution in [0.25, 0.3) is 0 Å². The molecule has 1 heterocycles. The van der Waals surface area contributed by atoms with Gasteiger partial charge in [0.1, 0.15) is 15.6 Å². The lowest BCUT2D eigenvalue weighted by Gasteiger charge is -2.18. The van der Waals surface area contributed by atoms with E-state index in [0.29, 0.717) is 6.04 Å². The molecule has 1 unspecified atom stereocenters. The van der Waals surface area contributed by atoms with E-state index in [-0.39, 0.29) is 5.60 Å². The van der Waals surface area contributed by atoms with E-state index in [2.05, 4.69) is 22.4 Å². The lowest BCUT2D eigenvalue weighted by molar-refractivity contribution is 0.0185. The fourth-order valence-electron chi connectivity index (χ4n) is 1.21. The third-order valence-corrected chi connectivity index (χ3v) is 3.86. The maximum Gasteiger partial charge on any atom is 0.148 e.